The Labute approximate surface area is 186 Å². The summed E-state index contributed by atoms with van der Waals surface area (Å²) in [4.78, 5) is 10.8. The zero-order chi connectivity index (χ0) is 22.4. The maximum Gasteiger partial charge on any atom is 0.303 e. The van der Waals surface area contributed by atoms with Gasteiger partial charge < -0.3 is 20.3 Å². The number of carboxylic acid groups (broad SMARTS) is 1. The zero-order valence-corrected chi connectivity index (χ0v) is 18.9. The molecule has 0 saturated carbocycles. The molecule has 0 amide bonds. The van der Waals surface area contributed by atoms with E-state index in [2.05, 4.69) is 43.4 Å². The molecule has 0 aliphatic heterocycles. The molecule has 5 nitrogen and oxygen atoms in total. The van der Waals surface area contributed by atoms with Gasteiger partial charge in [0.15, 0.2) is 0 Å². The van der Waals surface area contributed by atoms with Crippen molar-refractivity contribution >= 4 is 19.3 Å². The van der Waals surface area contributed by atoms with Gasteiger partial charge in [0.2, 0.25) is 0 Å². The zero-order valence-electron chi connectivity index (χ0n) is 18.9. The summed E-state index contributed by atoms with van der Waals surface area (Å²) in [6, 6.07) is 14.4. The Balaban J connectivity index is 1.44. The third-order valence-corrected chi connectivity index (χ3v) is 6.06. The lowest BCUT2D eigenvalue weighted by Gasteiger charge is -2.30. The highest BCUT2D eigenvalue weighted by molar-refractivity contribution is 6.34. The van der Waals surface area contributed by atoms with Crippen molar-refractivity contribution in [1.29, 1.82) is 0 Å². The first-order valence-electron chi connectivity index (χ1n) is 11.2. The molecule has 6 heteroatoms. The largest absolute Gasteiger partial charge is 0.491 e. The summed E-state index contributed by atoms with van der Waals surface area (Å²) < 4.78 is 5.85. The molecule has 2 aromatic rings. The highest BCUT2D eigenvalue weighted by atomic mass is 16.5. The minimum atomic E-state index is -0.811. The van der Waals surface area contributed by atoms with Gasteiger partial charge in [0.25, 0.3) is 0 Å². The van der Waals surface area contributed by atoms with Crippen LogP contribution in [0.1, 0.15) is 43.4 Å². The Bertz CT molecular complexity index is 874. The van der Waals surface area contributed by atoms with Crippen LogP contribution in [0.25, 0.3) is 0 Å². The van der Waals surface area contributed by atoms with Crippen molar-refractivity contribution in [1.82, 2.24) is 5.32 Å². The van der Waals surface area contributed by atoms with Crippen LogP contribution in [0, 0.1) is 5.92 Å². The number of aliphatic hydroxyl groups excluding tert-OH is 1. The summed E-state index contributed by atoms with van der Waals surface area (Å²) in [6.07, 6.45) is 3.25. The first-order chi connectivity index (χ1) is 14.7. The molecule has 0 fully saturated rings. The van der Waals surface area contributed by atoms with E-state index >= 15 is 0 Å². The summed E-state index contributed by atoms with van der Waals surface area (Å²) in [6.45, 7) is 5.05. The highest BCUT2D eigenvalue weighted by Gasteiger charge is 2.28. The number of hydrogen-bond acceptors (Lipinski definition) is 4. The van der Waals surface area contributed by atoms with Crippen LogP contribution in [0.4, 0.5) is 0 Å². The molecule has 0 aromatic heterocycles. The van der Waals surface area contributed by atoms with Gasteiger partial charge in [-0.25, -0.2) is 0 Å². The number of fused-ring (bicyclic) bond motifs is 1. The van der Waals surface area contributed by atoms with Crippen molar-refractivity contribution in [2.75, 3.05) is 13.2 Å². The van der Waals surface area contributed by atoms with E-state index in [0.717, 1.165) is 30.3 Å². The molecule has 0 bridgehead atoms. The number of aryl methyl sites for hydroxylation is 1. The minimum Gasteiger partial charge on any atom is -0.491 e. The standard InChI is InChI=1S/C25H34BNO4/c1-25(2,14-18-11-19-5-3-4-6-20(19)12-18)27-15-21(28)16-31-23-13-17(7-9-22(23)26)8-10-24(29)30/h3-7,9,13,18,21,27-28H,8,10-12,14-16,26H2,1-2H3,(H,29,30). The molecule has 1 aliphatic rings. The number of aliphatic hydroxyl groups is 1. The summed E-state index contributed by atoms with van der Waals surface area (Å²) >= 11 is 0. The molecule has 166 valence electrons. The molecule has 3 rings (SSSR count). The maximum atomic E-state index is 10.8. The van der Waals surface area contributed by atoms with Crippen LogP contribution in [-0.2, 0) is 24.1 Å². The van der Waals surface area contributed by atoms with Gasteiger partial charge in [-0.1, -0.05) is 36.4 Å². The van der Waals surface area contributed by atoms with E-state index in [9.17, 15) is 9.90 Å². The van der Waals surface area contributed by atoms with E-state index < -0.39 is 12.1 Å². The second-order valence-corrected chi connectivity index (χ2v) is 9.47. The Morgan fingerprint density at radius 3 is 2.55 bits per heavy atom. The molecule has 2 aromatic carbocycles. The van der Waals surface area contributed by atoms with Crippen molar-refractivity contribution in [2.24, 2.45) is 5.92 Å². The molecule has 0 radical (unpaired) electrons. The molecule has 1 aliphatic carbocycles. The van der Waals surface area contributed by atoms with Crippen molar-refractivity contribution < 1.29 is 19.7 Å². The first-order valence-corrected chi connectivity index (χ1v) is 11.2. The monoisotopic (exact) mass is 423 g/mol. The molecule has 3 N–H and O–H groups in total. The Hall–Kier alpha value is -2.31. The number of β-amino-alcohol motifs (C(OH)–C–C–N with tert-alkyl or cyclic N) is 1. The van der Waals surface area contributed by atoms with E-state index in [-0.39, 0.29) is 18.6 Å². The molecule has 1 unspecified atom stereocenters. The average Bonchev–Trinajstić information content (AvgIpc) is 3.12. The summed E-state index contributed by atoms with van der Waals surface area (Å²) in [5.74, 6) is 0.517. The molecule has 0 saturated heterocycles. The number of hydrogen-bond donors (Lipinski definition) is 3. The topological polar surface area (TPSA) is 78.8 Å². The van der Waals surface area contributed by atoms with Gasteiger partial charge in [-0.3, -0.25) is 4.79 Å². The van der Waals surface area contributed by atoms with E-state index in [0.29, 0.717) is 24.6 Å². The summed E-state index contributed by atoms with van der Waals surface area (Å²) in [7, 11) is 1.95. The summed E-state index contributed by atoms with van der Waals surface area (Å²) in [5, 5.41) is 22.8. The number of carboxylic acids is 1. The van der Waals surface area contributed by atoms with E-state index in [1.165, 1.54) is 11.1 Å². The highest BCUT2D eigenvalue weighted by Crippen LogP contribution is 2.31. The number of nitrogens with one attached hydrogen (secondary N) is 1. The molecule has 0 heterocycles. The number of rotatable bonds is 11. The normalized spacial score (nSPS) is 14.9. The van der Waals surface area contributed by atoms with Gasteiger partial charge in [0, 0.05) is 18.5 Å². The van der Waals surface area contributed by atoms with E-state index in [4.69, 9.17) is 9.84 Å². The lowest BCUT2D eigenvalue weighted by molar-refractivity contribution is -0.136. The Kier molecular flexibility index (Phi) is 7.79. The Morgan fingerprint density at radius 1 is 1.23 bits per heavy atom. The molecular formula is C25H34BNO4. The predicted octanol–water partition coefficient (Wildman–Crippen LogP) is 1.88. The SMILES string of the molecule is Bc1ccc(CCC(=O)O)cc1OCC(O)CNC(C)(C)CC1Cc2ccccc2C1. The fraction of sp³-hybridized carbons (Fsp3) is 0.480. The number of ether oxygens (including phenoxy) is 1. The van der Waals surface area contributed by atoms with Crippen LogP contribution in [0.3, 0.4) is 0 Å². The van der Waals surface area contributed by atoms with E-state index in [1.54, 1.807) is 0 Å². The van der Waals surface area contributed by atoms with E-state index in [1.807, 2.05) is 26.0 Å². The number of carbonyl (C=O) groups is 1. The van der Waals surface area contributed by atoms with Crippen LogP contribution in [0.5, 0.6) is 5.75 Å². The minimum absolute atomic E-state index is 0.0691. The van der Waals surface area contributed by atoms with Crippen molar-refractivity contribution in [2.45, 2.75) is 57.6 Å². The lowest BCUT2D eigenvalue weighted by Crippen LogP contribution is -2.46. The second kappa shape index (κ2) is 10.3. The Morgan fingerprint density at radius 2 is 1.90 bits per heavy atom. The number of aliphatic carboxylic acids is 1. The quantitative estimate of drug-likeness (QED) is 0.481. The van der Waals surface area contributed by atoms with Gasteiger partial charge >= 0.3 is 5.97 Å². The van der Waals surface area contributed by atoms with Crippen molar-refractivity contribution in [3.8, 4) is 5.75 Å². The molecular weight excluding hydrogens is 389 g/mol. The van der Waals surface area contributed by atoms with Gasteiger partial charge in [0.1, 0.15) is 26.3 Å². The van der Waals surface area contributed by atoms with Crippen LogP contribution in [0.15, 0.2) is 42.5 Å². The third kappa shape index (κ3) is 7.11. The first kappa shape index (κ1) is 23.4. The van der Waals surface area contributed by atoms with Crippen LogP contribution in [0.2, 0.25) is 0 Å². The molecule has 0 spiro atoms. The fourth-order valence-electron chi connectivity index (χ4n) is 4.43. The van der Waals surface area contributed by atoms with Gasteiger partial charge in [-0.05, 0) is 73.7 Å². The fourth-order valence-corrected chi connectivity index (χ4v) is 4.43. The van der Waals surface area contributed by atoms with Crippen LogP contribution < -0.4 is 15.5 Å². The number of benzene rings is 2. The van der Waals surface area contributed by atoms with Gasteiger partial charge in [-0.15, -0.1) is 0 Å². The maximum absolute atomic E-state index is 10.8. The van der Waals surface area contributed by atoms with Crippen LogP contribution >= 0.6 is 0 Å². The summed E-state index contributed by atoms with van der Waals surface area (Å²) in [5.41, 5.74) is 4.77. The molecule has 31 heavy (non-hydrogen) atoms. The van der Waals surface area contributed by atoms with Gasteiger partial charge in [-0.2, -0.15) is 0 Å². The van der Waals surface area contributed by atoms with Crippen molar-refractivity contribution in [3.05, 3.63) is 59.2 Å². The lowest BCUT2D eigenvalue weighted by atomic mass is 9.88. The third-order valence-electron chi connectivity index (χ3n) is 6.06. The van der Waals surface area contributed by atoms with Crippen molar-refractivity contribution in [3.63, 3.8) is 0 Å². The van der Waals surface area contributed by atoms with Gasteiger partial charge in [0.05, 0.1) is 0 Å². The molecule has 1 atom stereocenters. The second-order valence-electron chi connectivity index (χ2n) is 9.47. The van der Waals surface area contributed by atoms with Crippen LogP contribution in [-0.4, -0.2) is 48.8 Å². The average molecular weight is 423 g/mol. The predicted molar refractivity (Wildman–Crippen MR) is 126 cm³/mol. The smallest absolute Gasteiger partial charge is 0.303 e.